The van der Waals surface area contributed by atoms with Crippen LogP contribution in [0.5, 0.6) is 0 Å². The minimum atomic E-state index is -0.369. The zero-order valence-electron chi connectivity index (χ0n) is 11.2. The molecule has 3 heteroatoms. The molecule has 104 valence electrons. The molecule has 0 amide bonds. The fourth-order valence-electron chi connectivity index (χ4n) is 3.02. The molecule has 1 heterocycles. The van der Waals surface area contributed by atoms with Crippen molar-refractivity contribution in [3.8, 4) is 0 Å². The molecule has 1 aliphatic heterocycles. The van der Waals surface area contributed by atoms with Gasteiger partial charge in [0.15, 0.2) is 0 Å². The average molecular weight is 273 g/mol. The molecule has 0 radical (unpaired) electrons. The molecular weight excluding hydrogens is 256 g/mol. The number of benzene rings is 2. The molecule has 1 aliphatic rings. The van der Waals surface area contributed by atoms with E-state index in [0.29, 0.717) is 5.56 Å². The van der Waals surface area contributed by atoms with Gasteiger partial charge < -0.3 is 5.32 Å². The Balaban J connectivity index is 1.83. The van der Waals surface area contributed by atoms with E-state index in [1.54, 1.807) is 0 Å². The van der Waals surface area contributed by atoms with E-state index in [4.69, 9.17) is 0 Å². The van der Waals surface area contributed by atoms with Crippen LogP contribution in [-0.4, -0.2) is 12.6 Å². The Kier molecular flexibility index (Phi) is 3.79. The van der Waals surface area contributed by atoms with E-state index in [2.05, 4.69) is 17.4 Å². The predicted molar refractivity (Wildman–Crippen MR) is 75.7 cm³/mol. The highest BCUT2D eigenvalue weighted by Crippen LogP contribution is 2.31. The number of nitrogens with one attached hydrogen (secondary N) is 1. The Bertz CT molecular complexity index is 583. The number of rotatable bonds is 3. The molecular formula is C17H17F2N. The molecule has 3 rings (SSSR count). The number of halogens is 2. The van der Waals surface area contributed by atoms with Crippen LogP contribution in [0.3, 0.4) is 0 Å². The molecule has 1 N–H and O–H groups in total. The van der Waals surface area contributed by atoms with Gasteiger partial charge in [-0.05, 0) is 48.7 Å². The summed E-state index contributed by atoms with van der Waals surface area (Å²) in [5, 5.41) is 3.41. The lowest BCUT2D eigenvalue weighted by Gasteiger charge is -2.20. The lowest BCUT2D eigenvalue weighted by molar-refractivity contribution is 0.507. The standard InChI is InChI=1S/C17H17F2N/c18-13-6-7-16(19)15(11-13)14-8-9-20-17(14)10-12-4-2-1-3-5-12/h1-7,11,14,17,20H,8-10H2. The fourth-order valence-corrected chi connectivity index (χ4v) is 3.02. The van der Waals surface area contributed by atoms with E-state index in [1.165, 1.54) is 23.8 Å². The van der Waals surface area contributed by atoms with E-state index in [-0.39, 0.29) is 23.6 Å². The Morgan fingerprint density at radius 3 is 2.65 bits per heavy atom. The molecule has 20 heavy (non-hydrogen) atoms. The first kappa shape index (κ1) is 13.3. The fraction of sp³-hybridized carbons (Fsp3) is 0.294. The summed E-state index contributed by atoms with van der Waals surface area (Å²) in [5.74, 6) is -0.643. The van der Waals surface area contributed by atoms with Crippen LogP contribution in [0.1, 0.15) is 23.5 Å². The topological polar surface area (TPSA) is 12.0 Å². The van der Waals surface area contributed by atoms with Gasteiger partial charge in [-0.1, -0.05) is 30.3 Å². The van der Waals surface area contributed by atoms with E-state index in [0.717, 1.165) is 19.4 Å². The van der Waals surface area contributed by atoms with Crippen molar-refractivity contribution in [1.29, 1.82) is 0 Å². The third kappa shape index (κ3) is 2.73. The van der Waals surface area contributed by atoms with Crippen LogP contribution >= 0.6 is 0 Å². The van der Waals surface area contributed by atoms with E-state index in [9.17, 15) is 8.78 Å². The molecule has 1 nitrogen and oxygen atoms in total. The van der Waals surface area contributed by atoms with Crippen LogP contribution in [0.2, 0.25) is 0 Å². The highest BCUT2D eigenvalue weighted by atomic mass is 19.1. The second-order valence-electron chi connectivity index (χ2n) is 5.31. The lowest BCUT2D eigenvalue weighted by atomic mass is 9.88. The summed E-state index contributed by atoms with van der Waals surface area (Å²) >= 11 is 0. The zero-order chi connectivity index (χ0) is 13.9. The Labute approximate surface area is 117 Å². The van der Waals surface area contributed by atoms with Crippen LogP contribution in [0, 0.1) is 11.6 Å². The number of hydrogen-bond donors (Lipinski definition) is 1. The van der Waals surface area contributed by atoms with Gasteiger partial charge in [0, 0.05) is 12.0 Å². The maximum atomic E-state index is 13.9. The van der Waals surface area contributed by atoms with Crippen LogP contribution in [0.15, 0.2) is 48.5 Å². The molecule has 1 fully saturated rings. The summed E-state index contributed by atoms with van der Waals surface area (Å²) in [7, 11) is 0. The average Bonchev–Trinajstić information content (AvgIpc) is 2.91. The minimum absolute atomic E-state index is 0.0332. The van der Waals surface area contributed by atoms with E-state index in [1.807, 2.05) is 18.2 Å². The monoisotopic (exact) mass is 273 g/mol. The highest BCUT2D eigenvalue weighted by molar-refractivity contribution is 5.27. The van der Waals surface area contributed by atoms with Crippen molar-refractivity contribution in [3.05, 3.63) is 71.3 Å². The zero-order valence-corrected chi connectivity index (χ0v) is 11.2. The van der Waals surface area contributed by atoms with Crippen molar-refractivity contribution in [2.75, 3.05) is 6.54 Å². The maximum absolute atomic E-state index is 13.9. The molecule has 2 unspecified atom stereocenters. The maximum Gasteiger partial charge on any atom is 0.126 e. The second-order valence-corrected chi connectivity index (χ2v) is 5.31. The van der Waals surface area contributed by atoms with Crippen molar-refractivity contribution < 1.29 is 8.78 Å². The molecule has 2 aromatic carbocycles. The van der Waals surface area contributed by atoms with Gasteiger partial charge in [-0.2, -0.15) is 0 Å². The van der Waals surface area contributed by atoms with Gasteiger partial charge in [0.1, 0.15) is 11.6 Å². The van der Waals surface area contributed by atoms with Crippen LogP contribution < -0.4 is 5.32 Å². The van der Waals surface area contributed by atoms with Gasteiger partial charge in [0.2, 0.25) is 0 Å². The third-order valence-electron chi connectivity index (χ3n) is 4.00. The van der Waals surface area contributed by atoms with Crippen molar-refractivity contribution in [2.45, 2.75) is 24.8 Å². The third-order valence-corrected chi connectivity index (χ3v) is 4.00. The molecule has 0 bridgehead atoms. The smallest absolute Gasteiger partial charge is 0.126 e. The Morgan fingerprint density at radius 1 is 1.05 bits per heavy atom. The summed E-state index contributed by atoms with van der Waals surface area (Å²) in [6.45, 7) is 0.845. The normalized spacial score (nSPS) is 22.1. The number of hydrogen-bond acceptors (Lipinski definition) is 1. The minimum Gasteiger partial charge on any atom is -0.313 e. The largest absolute Gasteiger partial charge is 0.313 e. The summed E-state index contributed by atoms with van der Waals surface area (Å²) < 4.78 is 27.3. The van der Waals surface area contributed by atoms with Gasteiger partial charge in [0.05, 0.1) is 0 Å². The molecule has 1 saturated heterocycles. The first-order valence-electron chi connectivity index (χ1n) is 6.96. The Morgan fingerprint density at radius 2 is 1.85 bits per heavy atom. The first-order valence-corrected chi connectivity index (χ1v) is 6.96. The molecule has 0 aliphatic carbocycles. The highest BCUT2D eigenvalue weighted by Gasteiger charge is 2.30. The summed E-state index contributed by atoms with van der Waals surface area (Å²) in [6, 6.07) is 14.0. The van der Waals surface area contributed by atoms with Crippen LogP contribution in [0.4, 0.5) is 8.78 Å². The Hall–Kier alpha value is -1.74. The second kappa shape index (κ2) is 5.71. The van der Waals surface area contributed by atoms with E-state index < -0.39 is 0 Å². The van der Waals surface area contributed by atoms with Gasteiger partial charge in [-0.15, -0.1) is 0 Å². The van der Waals surface area contributed by atoms with Crippen molar-refractivity contribution in [2.24, 2.45) is 0 Å². The van der Waals surface area contributed by atoms with Crippen molar-refractivity contribution in [1.82, 2.24) is 5.32 Å². The predicted octanol–water partition coefficient (Wildman–Crippen LogP) is 3.65. The molecule has 0 spiro atoms. The summed E-state index contributed by atoms with van der Waals surface area (Å²) in [6.07, 6.45) is 1.68. The van der Waals surface area contributed by atoms with Gasteiger partial charge in [-0.3, -0.25) is 0 Å². The molecule has 0 aromatic heterocycles. The van der Waals surface area contributed by atoms with Gasteiger partial charge >= 0.3 is 0 Å². The quantitative estimate of drug-likeness (QED) is 0.900. The van der Waals surface area contributed by atoms with Gasteiger partial charge in [-0.25, -0.2) is 8.78 Å². The molecule has 0 saturated carbocycles. The van der Waals surface area contributed by atoms with Gasteiger partial charge in [0.25, 0.3) is 0 Å². The lowest BCUT2D eigenvalue weighted by Crippen LogP contribution is -2.28. The van der Waals surface area contributed by atoms with E-state index >= 15 is 0 Å². The SMILES string of the molecule is Fc1ccc(F)c(C2CCNC2Cc2ccccc2)c1. The van der Waals surface area contributed by atoms with Crippen LogP contribution in [-0.2, 0) is 6.42 Å². The van der Waals surface area contributed by atoms with Crippen LogP contribution in [0.25, 0.3) is 0 Å². The molecule has 2 aromatic rings. The first-order chi connectivity index (χ1) is 9.74. The summed E-state index contributed by atoms with van der Waals surface area (Å²) in [5.41, 5.74) is 1.71. The molecule has 2 atom stereocenters. The van der Waals surface area contributed by atoms with Crippen molar-refractivity contribution >= 4 is 0 Å². The van der Waals surface area contributed by atoms with Crippen molar-refractivity contribution in [3.63, 3.8) is 0 Å². The summed E-state index contributed by atoms with van der Waals surface area (Å²) in [4.78, 5) is 0.